The molecule has 0 fully saturated rings. The molecule has 0 rings (SSSR count). The number of aliphatic hydroxyl groups is 1. The number of ether oxygens (including phenoxy) is 4. The molecule has 0 aromatic heterocycles. The van der Waals surface area contributed by atoms with Crippen molar-refractivity contribution in [2.24, 2.45) is 11.8 Å². The Morgan fingerprint density at radius 3 is 0.708 bits per heavy atom. The molecule has 3 N–H and O–H groups in total. The minimum Gasteiger partial charge on any atom is -0.462 e. The third kappa shape index (κ3) is 70.5. The van der Waals surface area contributed by atoms with Crippen LogP contribution in [-0.2, 0) is 65.4 Å². The van der Waals surface area contributed by atoms with Gasteiger partial charge in [0.2, 0.25) is 0 Å². The zero-order valence-corrected chi connectivity index (χ0v) is 64.5. The highest BCUT2D eigenvalue weighted by molar-refractivity contribution is 7.47. The maximum Gasteiger partial charge on any atom is 0.472 e. The standard InChI is InChI=1S/C77H150O17P2/c1-7-9-11-13-15-17-19-21-23-25-30-34-41-47-53-59-74(79)87-65-72(93-77(82)62-56-50-44-36-32-28-27-29-33-39-45-51-57-69(3)4)67-91-95(83,84)89-63-71(78)64-90-96(85,86)92-68-73(66-88-75(80)60-54-48-42-38-37-40-46-52-58-70(5)6)94-76(81)61-55-49-43-35-31-26-24-22-20-18-16-14-12-10-8-2/h69-73,78H,7-68H2,1-6H3,(H,83,84)(H,85,86)/t71-,72-,73-/m1/s1. The lowest BCUT2D eigenvalue weighted by Crippen LogP contribution is -2.30. The van der Waals surface area contributed by atoms with Crippen LogP contribution in [0.3, 0.4) is 0 Å². The van der Waals surface area contributed by atoms with Gasteiger partial charge in [-0.05, 0) is 37.5 Å². The first kappa shape index (κ1) is 94.1. The molecular formula is C77H150O17P2. The third-order valence-corrected chi connectivity index (χ3v) is 19.9. The molecule has 0 amide bonds. The predicted octanol–water partition coefficient (Wildman–Crippen LogP) is 22.7. The quantitative estimate of drug-likeness (QED) is 0.0222. The van der Waals surface area contributed by atoms with Crippen LogP contribution in [-0.4, -0.2) is 96.7 Å². The van der Waals surface area contributed by atoms with Crippen molar-refractivity contribution in [1.82, 2.24) is 0 Å². The van der Waals surface area contributed by atoms with Crippen molar-refractivity contribution in [2.75, 3.05) is 39.6 Å². The molecule has 0 spiro atoms. The number of phosphoric acid groups is 2. The van der Waals surface area contributed by atoms with Crippen LogP contribution in [0.1, 0.15) is 401 Å². The second-order valence-electron chi connectivity index (χ2n) is 28.7. The van der Waals surface area contributed by atoms with Gasteiger partial charge in [0.1, 0.15) is 19.3 Å². The van der Waals surface area contributed by atoms with E-state index in [0.717, 1.165) is 102 Å². The minimum absolute atomic E-state index is 0.107. The van der Waals surface area contributed by atoms with Crippen molar-refractivity contribution in [1.29, 1.82) is 0 Å². The van der Waals surface area contributed by atoms with Gasteiger partial charge in [-0.15, -0.1) is 0 Å². The van der Waals surface area contributed by atoms with Crippen LogP contribution >= 0.6 is 15.6 Å². The van der Waals surface area contributed by atoms with E-state index in [4.69, 9.17) is 37.0 Å². The maximum atomic E-state index is 13.1. The minimum atomic E-state index is -4.96. The van der Waals surface area contributed by atoms with Crippen molar-refractivity contribution >= 4 is 39.5 Å². The highest BCUT2D eigenvalue weighted by Gasteiger charge is 2.30. The number of aliphatic hydroxyl groups excluding tert-OH is 1. The van der Waals surface area contributed by atoms with Crippen molar-refractivity contribution in [3.63, 3.8) is 0 Å². The largest absolute Gasteiger partial charge is 0.472 e. The summed E-state index contributed by atoms with van der Waals surface area (Å²) >= 11 is 0. The average Bonchev–Trinajstić information content (AvgIpc) is 1.14. The molecule has 19 heteroatoms. The van der Waals surface area contributed by atoms with E-state index in [1.165, 1.54) is 218 Å². The molecule has 5 atom stereocenters. The number of rotatable bonds is 76. The fourth-order valence-corrected chi connectivity index (χ4v) is 13.4. The molecule has 0 saturated heterocycles. The first-order valence-electron chi connectivity index (χ1n) is 40.0. The Balaban J connectivity index is 5.26. The first-order chi connectivity index (χ1) is 46.4. The van der Waals surface area contributed by atoms with E-state index in [-0.39, 0.29) is 25.7 Å². The lowest BCUT2D eigenvalue weighted by atomic mass is 10.0. The number of hydrogen-bond donors (Lipinski definition) is 3. The fourth-order valence-electron chi connectivity index (χ4n) is 11.8. The summed E-state index contributed by atoms with van der Waals surface area (Å²) in [7, 11) is -9.91. The van der Waals surface area contributed by atoms with Crippen LogP contribution in [0.4, 0.5) is 0 Å². The molecule has 570 valence electrons. The highest BCUT2D eigenvalue weighted by Crippen LogP contribution is 2.45. The molecule has 17 nitrogen and oxygen atoms in total. The van der Waals surface area contributed by atoms with Crippen LogP contribution in [0.2, 0.25) is 0 Å². The van der Waals surface area contributed by atoms with Gasteiger partial charge >= 0.3 is 39.5 Å². The second-order valence-corrected chi connectivity index (χ2v) is 31.6. The SMILES string of the molecule is CCCCCCCCCCCCCCCCCC(=O)OC[C@H](COP(=O)(O)OC[C@@H](O)COP(=O)(O)OC[C@@H](COC(=O)CCCCCCCCCCC(C)C)OC(=O)CCCCCCCCCCCCCCCCC)OC(=O)CCCCCCCCCCCCCCC(C)C. The molecular weight excluding hydrogens is 1260 g/mol. The number of unbranched alkanes of at least 4 members (excludes halogenated alkanes) is 46. The van der Waals surface area contributed by atoms with E-state index in [1.807, 2.05) is 0 Å². The summed E-state index contributed by atoms with van der Waals surface area (Å²) in [5.74, 6) is -0.609. The Hall–Kier alpha value is -1.94. The smallest absolute Gasteiger partial charge is 0.462 e. The van der Waals surface area contributed by atoms with Crippen LogP contribution in [0.5, 0.6) is 0 Å². The van der Waals surface area contributed by atoms with Gasteiger partial charge in [0, 0.05) is 25.7 Å². The number of hydrogen-bond acceptors (Lipinski definition) is 15. The lowest BCUT2D eigenvalue weighted by Gasteiger charge is -2.21. The van der Waals surface area contributed by atoms with Crippen molar-refractivity contribution in [3.8, 4) is 0 Å². The van der Waals surface area contributed by atoms with Crippen LogP contribution in [0.25, 0.3) is 0 Å². The van der Waals surface area contributed by atoms with Gasteiger partial charge in [0.05, 0.1) is 26.4 Å². The topological polar surface area (TPSA) is 237 Å². The molecule has 0 aliphatic heterocycles. The summed E-state index contributed by atoms with van der Waals surface area (Å²) in [5.41, 5.74) is 0. The van der Waals surface area contributed by atoms with E-state index in [9.17, 15) is 43.2 Å². The molecule has 0 aromatic rings. The number of phosphoric ester groups is 2. The molecule has 0 aliphatic rings. The van der Waals surface area contributed by atoms with Crippen molar-refractivity contribution in [3.05, 3.63) is 0 Å². The monoisotopic (exact) mass is 1410 g/mol. The highest BCUT2D eigenvalue weighted by atomic mass is 31.2. The lowest BCUT2D eigenvalue weighted by molar-refractivity contribution is -0.161. The molecule has 2 unspecified atom stereocenters. The van der Waals surface area contributed by atoms with Gasteiger partial charge in [-0.25, -0.2) is 9.13 Å². The Morgan fingerprint density at radius 2 is 0.479 bits per heavy atom. The summed E-state index contributed by atoms with van der Waals surface area (Å²) < 4.78 is 68.6. The third-order valence-electron chi connectivity index (χ3n) is 18.0. The molecule has 96 heavy (non-hydrogen) atoms. The Bertz CT molecular complexity index is 1860. The first-order valence-corrected chi connectivity index (χ1v) is 43.0. The number of esters is 4. The van der Waals surface area contributed by atoms with E-state index in [0.29, 0.717) is 25.7 Å². The van der Waals surface area contributed by atoms with E-state index >= 15 is 0 Å². The van der Waals surface area contributed by atoms with Gasteiger partial charge in [-0.3, -0.25) is 37.3 Å². The molecule has 0 saturated carbocycles. The van der Waals surface area contributed by atoms with Crippen molar-refractivity contribution < 1.29 is 80.2 Å². The zero-order valence-electron chi connectivity index (χ0n) is 62.7. The zero-order chi connectivity index (χ0) is 70.7. The van der Waals surface area contributed by atoms with Crippen molar-refractivity contribution in [2.45, 2.75) is 419 Å². The van der Waals surface area contributed by atoms with E-state index in [1.54, 1.807) is 0 Å². The van der Waals surface area contributed by atoms with Gasteiger partial charge < -0.3 is 33.8 Å². The average molecular weight is 1410 g/mol. The van der Waals surface area contributed by atoms with Crippen LogP contribution < -0.4 is 0 Å². The predicted molar refractivity (Wildman–Crippen MR) is 391 cm³/mol. The fraction of sp³-hybridized carbons (Fsp3) is 0.948. The summed E-state index contributed by atoms with van der Waals surface area (Å²) in [6.45, 7) is 9.59. The maximum absolute atomic E-state index is 13.1. The molecule has 0 aromatic carbocycles. The number of carbonyl (C=O) groups is 4. The molecule has 0 aliphatic carbocycles. The van der Waals surface area contributed by atoms with Gasteiger partial charge in [0.15, 0.2) is 12.2 Å². The molecule has 0 heterocycles. The Morgan fingerprint density at radius 1 is 0.281 bits per heavy atom. The van der Waals surface area contributed by atoms with E-state index in [2.05, 4.69) is 41.5 Å². The van der Waals surface area contributed by atoms with Crippen LogP contribution in [0.15, 0.2) is 0 Å². The van der Waals surface area contributed by atoms with Crippen LogP contribution in [0, 0.1) is 11.8 Å². The summed E-state index contributed by atoms with van der Waals surface area (Å²) in [5, 5.41) is 10.6. The van der Waals surface area contributed by atoms with Gasteiger partial charge in [-0.2, -0.15) is 0 Å². The van der Waals surface area contributed by atoms with Gasteiger partial charge in [-0.1, -0.05) is 350 Å². The summed E-state index contributed by atoms with van der Waals surface area (Å²) in [4.78, 5) is 72.9. The normalized spacial score (nSPS) is 14.0. The van der Waals surface area contributed by atoms with E-state index < -0.39 is 97.5 Å². The van der Waals surface area contributed by atoms with Gasteiger partial charge in [0.25, 0.3) is 0 Å². The Labute approximate surface area is 588 Å². The second kappa shape index (κ2) is 68.8. The Kier molecular flexibility index (Phi) is 67.4. The molecule has 0 radical (unpaired) electrons. The molecule has 0 bridgehead atoms. The summed E-state index contributed by atoms with van der Waals surface area (Å²) in [6, 6.07) is 0. The number of carbonyl (C=O) groups excluding carboxylic acids is 4. The summed E-state index contributed by atoms with van der Waals surface area (Å²) in [6.07, 6.45) is 56.8.